The summed E-state index contributed by atoms with van der Waals surface area (Å²) in [6, 6.07) is 10.3. The number of thiocarbonyl (C=S) groups is 1. The molecule has 4 N–H and O–H groups in total. The highest BCUT2D eigenvalue weighted by Crippen LogP contribution is 2.27. The zero-order valence-electron chi connectivity index (χ0n) is 17.4. The van der Waals surface area contributed by atoms with Crippen molar-refractivity contribution in [1.82, 2.24) is 16.2 Å². The van der Waals surface area contributed by atoms with E-state index in [9.17, 15) is 14.4 Å². The predicted octanol–water partition coefficient (Wildman–Crippen LogP) is 3.43. The SMILES string of the molecule is Cc1ccc(C)c(NC(=O)CCC(=O)NNC(=S)NC(=O)COc2ccc(Cl)cc2Cl)c1. The van der Waals surface area contributed by atoms with Crippen molar-refractivity contribution in [2.75, 3.05) is 11.9 Å². The molecule has 11 heteroatoms. The van der Waals surface area contributed by atoms with Crippen LogP contribution in [0.2, 0.25) is 10.0 Å². The van der Waals surface area contributed by atoms with Gasteiger partial charge in [0.1, 0.15) is 5.75 Å². The molecule has 3 amide bonds. The van der Waals surface area contributed by atoms with Crippen molar-refractivity contribution in [3.05, 3.63) is 57.6 Å². The smallest absolute Gasteiger partial charge is 0.264 e. The number of carbonyl (C=O) groups is 3. The number of benzene rings is 2. The van der Waals surface area contributed by atoms with Crippen LogP contribution in [0.25, 0.3) is 0 Å². The van der Waals surface area contributed by atoms with Gasteiger partial charge in [-0.15, -0.1) is 0 Å². The number of carbonyl (C=O) groups excluding carboxylic acids is 3. The molecule has 0 spiro atoms. The monoisotopic (exact) mass is 496 g/mol. The van der Waals surface area contributed by atoms with Gasteiger partial charge in [-0.2, -0.15) is 0 Å². The molecule has 0 saturated carbocycles. The molecule has 2 aromatic rings. The first-order chi connectivity index (χ1) is 15.1. The number of halogens is 2. The van der Waals surface area contributed by atoms with E-state index in [-0.39, 0.29) is 41.2 Å². The molecular formula is C21H22Cl2N4O4S. The van der Waals surface area contributed by atoms with Gasteiger partial charge in [-0.25, -0.2) is 0 Å². The second-order valence-corrected chi connectivity index (χ2v) is 8.03. The molecule has 0 aliphatic carbocycles. The third kappa shape index (κ3) is 8.70. The van der Waals surface area contributed by atoms with Crippen LogP contribution in [0, 0.1) is 13.8 Å². The molecule has 0 unspecified atom stereocenters. The summed E-state index contributed by atoms with van der Waals surface area (Å²) in [6.07, 6.45) is -0.0891. The first kappa shape index (κ1) is 25.4. The Balaban J connectivity index is 1.66. The van der Waals surface area contributed by atoms with Crippen molar-refractivity contribution < 1.29 is 19.1 Å². The van der Waals surface area contributed by atoms with Gasteiger partial charge < -0.3 is 10.1 Å². The van der Waals surface area contributed by atoms with Gasteiger partial charge in [-0.3, -0.25) is 30.6 Å². The van der Waals surface area contributed by atoms with Crippen molar-refractivity contribution in [3.8, 4) is 5.75 Å². The topological polar surface area (TPSA) is 109 Å². The van der Waals surface area contributed by atoms with Crippen LogP contribution in [0.4, 0.5) is 5.69 Å². The predicted molar refractivity (Wildman–Crippen MR) is 128 cm³/mol. The maximum atomic E-state index is 12.1. The number of hydrogen-bond acceptors (Lipinski definition) is 5. The van der Waals surface area contributed by atoms with Gasteiger partial charge >= 0.3 is 0 Å². The summed E-state index contributed by atoms with van der Waals surface area (Å²) in [5.41, 5.74) is 7.36. The third-order valence-electron chi connectivity index (χ3n) is 4.07. The van der Waals surface area contributed by atoms with Crippen molar-refractivity contribution in [3.63, 3.8) is 0 Å². The molecule has 2 rings (SSSR count). The Labute approximate surface area is 201 Å². The summed E-state index contributed by atoms with van der Waals surface area (Å²) in [6.45, 7) is 3.46. The third-order valence-corrected chi connectivity index (χ3v) is 4.80. The number of ether oxygens (including phenoxy) is 1. The lowest BCUT2D eigenvalue weighted by atomic mass is 10.1. The van der Waals surface area contributed by atoms with Crippen LogP contribution in [0.15, 0.2) is 36.4 Å². The Morgan fingerprint density at radius 3 is 2.38 bits per heavy atom. The van der Waals surface area contributed by atoms with E-state index in [1.54, 1.807) is 6.07 Å². The van der Waals surface area contributed by atoms with Gasteiger partial charge in [-0.1, -0.05) is 35.3 Å². The lowest BCUT2D eigenvalue weighted by Gasteiger charge is -2.12. The van der Waals surface area contributed by atoms with E-state index < -0.39 is 11.8 Å². The second-order valence-electron chi connectivity index (χ2n) is 6.78. The standard InChI is InChI=1S/C21H22Cl2N4O4S/c1-12-3-4-13(2)16(9-12)24-18(28)7-8-19(29)26-27-21(32)25-20(30)11-31-17-6-5-14(22)10-15(17)23/h3-6,9-10H,7-8,11H2,1-2H3,(H,24,28)(H,26,29)(H2,25,27,30,32). The maximum absolute atomic E-state index is 12.1. The molecule has 32 heavy (non-hydrogen) atoms. The normalized spacial score (nSPS) is 10.1. The van der Waals surface area contributed by atoms with Gasteiger partial charge in [0, 0.05) is 23.6 Å². The summed E-state index contributed by atoms with van der Waals surface area (Å²) in [4.78, 5) is 35.9. The van der Waals surface area contributed by atoms with E-state index in [1.807, 2.05) is 32.0 Å². The maximum Gasteiger partial charge on any atom is 0.264 e. The Kier molecular flexibility index (Phi) is 9.70. The quantitative estimate of drug-likeness (QED) is 0.345. The van der Waals surface area contributed by atoms with E-state index >= 15 is 0 Å². The summed E-state index contributed by atoms with van der Waals surface area (Å²) in [5, 5.41) is 5.69. The molecule has 0 bridgehead atoms. The molecule has 0 aliphatic rings. The number of amides is 3. The van der Waals surface area contributed by atoms with Gasteiger partial charge in [0.25, 0.3) is 5.91 Å². The Hall–Kier alpha value is -2.88. The first-order valence-electron chi connectivity index (χ1n) is 9.47. The van der Waals surface area contributed by atoms with Crippen LogP contribution in [0.3, 0.4) is 0 Å². The Morgan fingerprint density at radius 1 is 0.938 bits per heavy atom. The minimum Gasteiger partial charge on any atom is -0.482 e. The van der Waals surface area contributed by atoms with Gasteiger partial charge in [0.2, 0.25) is 11.8 Å². The second kappa shape index (κ2) is 12.2. The Morgan fingerprint density at radius 2 is 1.66 bits per heavy atom. The Bertz CT molecular complexity index is 1030. The zero-order chi connectivity index (χ0) is 23.7. The highest BCUT2D eigenvalue weighted by atomic mass is 35.5. The average Bonchev–Trinajstić information content (AvgIpc) is 2.72. The zero-order valence-corrected chi connectivity index (χ0v) is 19.7. The summed E-state index contributed by atoms with van der Waals surface area (Å²) < 4.78 is 5.29. The number of hydrazine groups is 1. The fraction of sp³-hybridized carbons (Fsp3) is 0.238. The van der Waals surface area contributed by atoms with Crippen molar-refractivity contribution in [1.29, 1.82) is 0 Å². The lowest BCUT2D eigenvalue weighted by molar-refractivity contribution is -0.125. The minimum absolute atomic E-state index is 0.0181. The number of aryl methyl sites for hydroxylation is 2. The van der Waals surface area contributed by atoms with Crippen LogP contribution in [0.5, 0.6) is 5.75 Å². The molecule has 0 heterocycles. The van der Waals surface area contributed by atoms with Crippen LogP contribution < -0.4 is 26.2 Å². The highest BCUT2D eigenvalue weighted by molar-refractivity contribution is 7.80. The lowest BCUT2D eigenvalue weighted by Crippen LogP contribution is -2.49. The van der Waals surface area contributed by atoms with Crippen molar-refractivity contribution in [2.45, 2.75) is 26.7 Å². The molecular weight excluding hydrogens is 475 g/mol. The van der Waals surface area contributed by atoms with E-state index in [2.05, 4.69) is 21.5 Å². The molecule has 0 aliphatic heterocycles. The highest BCUT2D eigenvalue weighted by Gasteiger charge is 2.11. The summed E-state index contributed by atoms with van der Waals surface area (Å²) in [7, 11) is 0. The van der Waals surface area contributed by atoms with Gasteiger partial charge in [-0.05, 0) is 61.5 Å². The first-order valence-corrected chi connectivity index (χ1v) is 10.6. The molecule has 0 saturated heterocycles. The molecule has 170 valence electrons. The fourth-order valence-corrected chi connectivity index (χ4v) is 3.06. The molecule has 0 atom stereocenters. The molecule has 2 aromatic carbocycles. The van der Waals surface area contributed by atoms with E-state index in [1.165, 1.54) is 12.1 Å². The number of rotatable bonds is 7. The molecule has 0 aromatic heterocycles. The van der Waals surface area contributed by atoms with Crippen LogP contribution in [0.1, 0.15) is 24.0 Å². The van der Waals surface area contributed by atoms with Gasteiger partial charge in [0.05, 0.1) is 5.02 Å². The van der Waals surface area contributed by atoms with Crippen molar-refractivity contribution in [2.24, 2.45) is 0 Å². The molecule has 0 radical (unpaired) electrons. The minimum atomic E-state index is -0.560. The average molecular weight is 497 g/mol. The van der Waals surface area contributed by atoms with Crippen LogP contribution in [-0.2, 0) is 14.4 Å². The van der Waals surface area contributed by atoms with E-state index in [0.29, 0.717) is 10.7 Å². The van der Waals surface area contributed by atoms with E-state index in [0.717, 1.165) is 11.1 Å². The van der Waals surface area contributed by atoms with Crippen molar-refractivity contribution >= 4 is 63.9 Å². The number of hydrogen-bond donors (Lipinski definition) is 4. The van der Waals surface area contributed by atoms with Crippen LogP contribution in [-0.4, -0.2) is 29.4 Å². The summed E-state index contributed by atoms with van der Waals surface area (Å²) >= 11 is 16.7. The van der Waals surface area contributed by atoms with Crippen LogP contribution >= 0.6 is 35.4 Å². The van der Waals surface area contributed by atoms with E-state index in [4.69, 9.17) is 40.2 Å². The fourth-order valence-electron chi connectivity index (χ4n) is 2.43. The molecule has 8 nitrogen and oxygen atoms in total. The number of anilines is 1. The van der Waals surface area contributed by atoms with Gasteiger partial charge in [0.15, 0.2) is 11.7 Å². The number of nitrogens with one attached hydrogen (secondary N) is 4. The largest absolute Gasteiger partial charge is 0.482 e. The summed E-state index contributed by atoms with van der Waals surface area (Å²) in [5.74, 6) is -1.03. The molecule has 0 fully saturated rings.